The van der Waals surface area contributed by atoms with Crippen molar-refractivity contribution in [1.82, 2.24) is 0 Å². The fourth-order valence-corrected chi connectivity index (χ4v) is 5.67. The molecule has 0 aromatic heterocycles. The molecule has 1 saturated heterocycles. The van der Waals surface area contributed by atoms with Crippen LogP contribution in [-0.2, 0) is 24.6 Å². The minimum Gasteiger partial charge on any atom is -0.375 e. The number of carbonyl (C=O) groups excluding carboxylic acids is 2. The molecule has 0 spiro atoms. The van der Waals surface area contributed by atoms with Gasteiger partial charge in [0.15, 0.2) is 6.10 Å². The number of ether oxygens (including phenoxy) is 2. The molecule has 2 unspecified atom stereocenters. The molecule has 2 aliphatic rings. The number of nitrogens with zero attached hydrogens (tertiary/aromatic N) is 3. The van der Waals surface area contributed by atoms with Gasteiger partial charge < -0.3 is 14.4 Å². The fraction of sp³-hybridized carbons (Fsp3) is 0.214. The Morgan fingerprint density at radius 1 is 0.972 bits per heavy atom. The summed E-state index contributed by atoms with van der Waals surface area (Å²) in [6.45, 7) is -0.130. The number of amides is 2. The van der Waals surface area contributed by atoms with E-state index < -0.39 is 11.6 Å². The zero-order chi connectivity index (χ0) is 25.4. The molecule has 0 bridgehead atoms. The lowest BCUT2D eigenvalue weighted by Crippen LogP contribution is -2.72. The largest absolute Gasteiger partial charge is 0.375 e. The molecule has 0 N–H and O–H groups in total. The summed E-state index contributed by atoms with van der Waals surface area (Å²) < 4.78 is 11.9. The molecule has 2 amide bonds. The molecule has 184 valence electrons. The smallest absolute Gasteiger partial charge is 0.260 e. The molecule has 3 aromatic rings. The van der Waals surface area contributed by atoms with Crippen LogP contribution in [0.3, 0.4) is 0 Å². The highest BCUT2D eigenvalue weighted by Gasteiger charge is 2.63. The first-order chi connectivity index (χ1) is 17.5. The number of benzene rings is 3. The van der Waals surface area contributed by atoms with Gasteiger partial charge >= 0.3 is 0 Å². The van der Waals surface area contributed by atoms with Crippen LogP contribution >= 0.6 is 15.9 Å². The van der Waals surface area contributed by atoms with Gasteiger partial charge in [-0.1, -0.05) is 54.6 Å². The average Bonchev–Trinajstić information content (AvgIpc) is 3.00. The Hall–Kier alpha value is -3.46. The van der Waals surface area contributed by atoms with E-state index in [0.29, 0.717) is 17.2 Å². The van der Waals surface area contributed by atoms with Gasteiger partial charge in [-0.05, 0) is 51.8 Å². The normalized spacial score (nSPS) is 20.6. The standard InChI is InChI=1S/C28H26BrN3O4/c1-30(21-14-8-7-13-20(21)29)24-17-28(19-11-5-4-6-12-19)26(36-3)27(34)32(28)23-16-10-9-15-22(23)31(24)25(33)18-35-2/h4-17,26H,18H2,1-3H3. The number of β-lactam (4-membered cyclic amide) rings is 1. The van der Waals surface area contributed by atoms with Gasteiger partial charge in [-0.3, -0.25) is 19.4 Å². The molecule has 0 saturated carbocycles. The lowest BCUT2D eigenvalue weighted by molar-refractivity contribution is -0.144. The second kappa shape index (κ2) is 9.54. The Morgan fingerprint density at radius 2 is 1.61 bits per heavy atom. The first kappa shape index (κ1) is 24.2. The third kappa shape index (κ3) is 3.56. The number of hydrogen-bond donors (Lipinski definition) is 0. The minimum absolute atomic E-state index is 0.130. The van der Waals surface area contributed by atoms with E-state index in [-0.39, 0.29) is 18.4 Å². The number of methoxy groups -OCH3 is 2. The second-order valence-corrected chi connectivity index (χ2v) is 9.50. The summed E-state index contributed by atoms with van der Waals surface area (Å²) in [5, 5.41) is 0. The van der Waals surface area contributed by atoms with Crippen molar-refractivity contribution in [3.63, 3.8) is 0 Å². The van der Waals surface area contributed by atoms with Crippen molar-refractivity contribution in [3.8, 4) is 0 Å². The van der Waals surface area contributed by atoms with Crippen LogP contribution in [0, 0.1) is 0 Å². The van der Waals surface area contributed by atoms with Crippen LogP contribution in [0.15, 0.2) is 95.2 Å². The summed E-state index contributed by atoms with van der Waals surface area (Å²) in [6.07, 6.45) is 1.19. The number of anilines is 3. The maximum absolute atomic E-state index is 13.6. The molecular formula is C28H26BrN3O4. The molecule has 3 aromatic carbocycles. The van der Waals surface area contributed by atoms with Crippen molar-refractivity contribution in [3.05, 3.63) is 101 Å². The fourth-order valence-electron chi connectivity index (χ4n) is 5.12. The zero-order valence-electron chi connectivity index (χ0n) is 20.2. The summed E-state index contributed by atoms with van der Waals surface area (Å²) in [5.41, 5.74) is 1.97. The van der Waals surface area contributed by atoms with Gasteiger partial charge in [0.25, 0.3) is 11.8 Å². The number of rotatable bonds is 6. The van der Waals surface area contributed by atoms with E-state index in [0.717, 1.165) is 15.7 Å². The number of para-hydroxylation sites is 3. The second-order valence-electron chi connectivity index (χ2n) is 8.64. The topological polar surface area (TPSA) is 62.3 Å². The number of fused-ring (bicyclic) bond motifs is 3. The van der Waals surface area contributed by atoms with E-state index in [1.54, 1.807) is 16.9 Å². The number of carbonyl (C=O) groups is 2. The van der Waals surface area contributed by atoms with Crippen LogP contribution in [0.5, 0.6) is 0 Å². The summed E-state index contributed by atoms with van der Waals surface area (Å²) >= 11 is 3.65. The van der Waals surface area contributed by atoms with Crippen LogP contribution in [-0.4, -0.2) is 45.8 Å². The maximum atomic E-state index is 13.6. The summed E-state index contributed by atoms with van der Waals surface area (Å²) in [5.74, 6) is 0.147. The van der Waals surface area contributed by atoms with Gasteiger partial charge in [0.1, 0.15) is 18.0 Å². The third-order valence-electron chi connectivity index (χ3n) is 6.70. The first-order valence-electron chi connectivity index (χ1n) is 11.5. The molecule has 2 heterocycles. The predicted octanol–water partition coefficient (Wildman–Crippen LogP) is 4.68. The Labute approximate surface area is 218 Å². The van der Waals surface area contributed by atoms with Crippen molar-refractivity contribution < 1.29 is 19.1 Å². The zero-order valence-corrected chi connectivity index (χ0v) is 21.8. The van der Waals surface area contributed by atoms with E-state index in [2.05, 4.69) is 15.9 Å². The van der Waals surface area contributed by atoms with Crippen molar-refractivity contribution in [2.24, 2.45) is 0 Å². The van der Waals surface area contributed by atoms with Crippen molar-refractivity contribution in [2.75, 3.05) is 42.6 Å². The van der Waals surface area contributed by atoms with Crippen molar-refractivity contribution >= 4 is 44.8 Å². The van der Waals surface area contributed by atoms with Gasteiger partial charge in [0, 0.05) is 25.7 Å². The van der Waals surface area contributed by atoms with Gasteiger partial charge in [-0.15, -0.1) is 0 Å². The van der Waals surface area contributed by atoms with Crippen molar-refractivity contribution in [2.45, 2.75) is 11.6 Å². The molecular weight excluding hydrogens is 522 g/mol. The Balaban J connectivity index is 1.85. The number of halogens is 1. The summed E-state index contributed by atoms with van der Waals surface area (Å²) in [4.78, 5) is 32.5. The highest BCUT2D eigenvalue weighted by molar-refractivity contribution is 9.10. The van der Waals surface area contributed by atoms with Crippen LogP contribution in [0.25, 0.3) is 0 Å². The molecule has 1 fully saturated rings. The van der Waals surface area contributed by atoms with Gasteiger partial charge in [-0.2, -0.15) is 0 Å². The van der Waals surface area contributed by atoms with E-state index in [1.165, 1.54) is 7.11 Å². The highest BCUT2D eigenvalue weighted by atomic mass is 79.9. The Bertz CT molecular complexity index is 1350. The molecule has 0 aliphatic carbocycles. The van der Waals surface area contributed by atoms with Crippen LogP contribution in [0.1, 0.15) is 5.56 Å². The van der Waals surface area contributed by atoms with E-state index in [1.807, 2.05) is 96.9 Å². The van der Waals surface area contributed by atoms with Crippen LogP contribution in [0.2, 0.25) is 0 Å². The minimum atomic E-state index is -0.976. The Morgan fingerprint density at radius 3 is 2.28 bits per heavy atom. The molecule has 8 heteroatoms. The average molecular weight is 548 g/mol. The molecule has 7 nitrogen and oxygen atoms in total. The predicted molar refractivity (Wildman–Crippen MR) is 143 cm³/mol. The molecule has 2 atom stereocenters. The van der Waals surface area contributed by atoms with E-state index in [9.17, 15) is 9.59 Å². The monoisotopic (exact) mass is 547 g/mol. The lowest BCUT2D eigenvalue weighted by Gasteiger charge is -2.55. The van der Waals surface area contributed by atoms with Gasteiger partial charge in [-0.25, -0.2) is 0 Å². The van der Waals surface area contributed by atoms with Crippen LogP contribution in [0.4, 0.5) is 17.1 Å². The first-order valence-corrected chi connectivity index (χ1v) is 12.3. The quantitative estimate of drug-likeness (QED) is 0.419. The summed E-state index contributed by atoms with van der Waals surface area (Å²) in [7, 11) is 4.93. The number of hydrogen-bond acceptors (Lipinski definition) is 5. The third-order valence-corrected chi connectivity index (χ3v) is 7.37. The molecule has 5 rings (SSSR count). The van der Waals surface area contributed by atoms with E-state index in [4.69, 9.17) is 9.47 Å². The SMILES string of the molecule is COCC(=O)N1C(N(C)c2ccccc2Br)=CC2(c3ccccc3)C(OC)C(=O)N2c2ccccc21. The molecule has 0 radical (unpaired) electrons. The molecule has 2 aliphatic heterocycles. The van der Waals surface area contributed by atoms with Crippen LogP contribution < -0.4 is 14.7 Å². The highest BCUT2D eigenvalue weighted by Crippen LogP contribution is 2.53. The molecule has 36 heavy (non-hydrogen) atoms. The summed E-state index contributed by atoms with van der Waals surface area (Å²) in [6, 6.07) is 25.0. The maximum Gasteiger partial charge on any atom is 0.260 e. The van der Waals surface area contributed by atoms with E-state index >= 15 is 0 Å². The van der Waals surface area contributed by atoms with Gasteiger partial charge in [0.05, 0.1) is 17.1 Å². The lowest BCUT2D eigenvalue weighted by atomic mass is 9.74. The van der Waals surface area contributed by atoms with Gasteiger partial charge in [0.2, 0.25) is 0 Å². The van der Waals surface area contributed by atoms with Crippen molar-refractivity contribution in [1.29, 1.82) is 0 Å². The Kier molecular flexibility index (Phi) is 6.42.